The van der Waals surface area contributed by atoms with Crippen molar-refractivity contribution in [3.05, 3.63) is 88.8 Å². The predicted octanol–water partition coefficient (Wildman–Crippen LogP) is 4.01. The topological polar surface area (TPSA) is 80.9 Å². The molecule has 3 aromatic rings. The molecule has 6 nitrogen and oxygen atoms in total. The Morgan fingerprint density at radius 1 is 1.07 bits per heavy atom. The lowest BCUT2D eigenvalue weighted by atomic mass is 9.75. The second-order valence-corrected chi connectivity index (χ2v) is 7.02. The molecule has 0 radical (unpaired) electrons. The second kappa shape index (κ2) is 6.07. The van der Waals surface area contributed by atoms with E-state index in [0.717, 1.165) is 0 Å². The minimum atomic E-state index is -1.59. The zero-order valence-corrected chi connectivity index (χ0v) is 15.1. The molecule has 0 saturated heterocycles. The standard InChI is InChI=1S/C21H13ClN2O4/c22-13-9-7-12(8-10-13)18-17(19(25)16-6-3-11-27-16)21(28-24-18)14-4-1-2-5-15(14)23-20(21)26/h1-11,17H,(H,23,26)/t17-,21+/m0/s1. The van der Waals surface area contributed by atoms with Crippen molar-refractivity contribution in [2.45, 2.75) is 5.60 Å². The van der Waals surface area contributed by atoms with Crippen molar-refractivity contribution in [3.8, 4) is 0 Å². The molecular formula is C21H13ClN2O4. The number of anilines is 1. The molecular weight excluding hydrogens is 380 g/mol. The lowest BCUT2D eigenvalue weighted by Gasteiger charge is -2.26. The molecule has 138 valence electrons. The van der Waals surface area contributed by atoms with E-state index in [9.17, 15) is 9.59 Å². The van der Waals surface area contributed by atoms with Gasteiger partial charge in [-0.05, 0) is 30.3 Å². The van der Waals surface area contributed by atoms with Gasteiger partial charge in [0.05, 0.1) is 6.26 Å². The van der Waals surface area contributed by atoms with Crippen molar-refractivity contribution >= 4 is 34.7 Å². The number of carbonyl (C=O) groups excluding carboxylic acids is 2. The molecule has 0 bridgehead atoms. The van der Waals surface area contributed by atoms with Crippen molar-refractivity contribution in [3.63, 3.8) is 0 Å². The number of oxime groups is 1. The number of nitrogens with one attached hydrogen (secondary N) is 1. The maximum Gasteiger partial charge on any atom is 0.277 e. The van der Waals surface area contributed by atoms with Gasteiger partial charge in [-0.1, -0.05) is 47.1 Å². The van der Waals surface area contributed by atoms with Gasteiger partial charge in [-0.25, -0.2) is 0 Å². The Balaban J connectivity index is 1.70. The molecule has 2 atom stereocenters. The highest BCUT2D eigenvalue weighted by atomic mass is 35.5. The molecule has 1 amide bonds. The molecule has 1 spiro atoms. The van der Waals surface area contributed by atoms with Crippen LogP contribution in [0.3, 0.4) is 0 Å². The van der Waals surface area contributed by atoms with Crippen LogP contribution in [0, 0.1) is 5.92 Å². The number of hydrogen-bond donors (Lipinski definition) is 1. The molecule has 0 unspecified atom stereocenters. The van der Waals surface area contributed by atoms with Crippen molar-refractivity contribution in [2.75, 3.05) is 5.32 Å². The first-order valence-electron chi connectivity index (χ1n) is 8.62. The summed E-state index contributed by atoms with van der Waals surface area (Å²) < 4.78 is 5.32. The smallest absolute Gasteiger partial charge is 0.277 e. The molecule has 2 aromatic carbocycles. The Morgan fingerprint density at radius 2 is 1.86 bits per heavy atom. The lowest BCUT2D eigenvalue weighted by Crippen LogP contribution is -2.46. The molecule has 0 saturated carbocycles. The summed E-state index contributed by atoms with van der Waals surface area (Å²) in [7, 11) is 0. The van der Waals surface area contributed by atoms with E-state index in [1.807, 2.05) is 0 Å². The fraction of sp³-hybridized carbons (Fsp3) is 0.0952. The van der Waals surface area contributed by atoms with Crippen LogP contribution in [-0.4, -0.2) is 17.4 Å². The van der Waals surface area contributed by atoms with Gasteiger partial charge in [0.2, 0.25) is 5.78 Å². The van der Waals surface area contributed by atoms with Gasteiger partial charge < -0.3 is 14.6 Å². The van der Waals surface area contributed by atoms with Crippen LogP contribution < -0.4 is 5.32 Å². The highest BCUT2D eigenvalue weighted by Gasteiger charge is 2.63. The number of ketones is 1. The molecule has 0 aliphatic carbocycles. The van der Waals surface area contributed by atoms with E-state index in [2.05, 4.69) is 10.5 Å². The molecule has 28 heavy (non-hydrogen) atoms. The van der Waals surface area contributed by atoms with Gasteiger partial charge in [-0.2, -0.15) is 0 Å². The molecule has 0 fully saturated rings. The number of halogens is 1. The zero-order chi connectivity index (χ0) is 19.3. The number of fused-ring (bicyclic) bond motifs is 2. The fourth-order valence-corrected chi connectivity index (χ4v) is 3.89. The highest BCUT2D eigenvalue weighted by Crippen LogP contribution is 2.49. The van der Waals surface area contributed by atoms with Crippen LogP contribution in [-0.2, 0) is 15.2 Å². The van der Waals surface area contributed by atoms with E-state index in [0.29, 0.717) is 27.5 Å². The monoisotopic (exact) mass is 392 g/mol. The number of para-hydroxylation sites is 1. The highest BCUT2D eigenvalue weighted by molar-refractivity contribution is 6.31. The van der Waals surface area contributed by atoms with Crippen LogP contribution in [0.4, 0.5) is 5.69 Å². The first kappa shape index (κ1) is 16.8. The van der Waals surface area contributed by atoms with Crippen LogP contribution in [0.2, 0.25) is 5.02 Å². The predicted molar refractivity (Wildman–Crippen MR) is 102 cm³/mol. The van der Waals surface area contributed by atoms with Gasteiger partial charge in [-0.3, -0.25) is 9.59 Å². The van der Waals surface area contributed by atoms with Crippen molar-refractivity contribution in [1.29, 1.82) is 0 Å². The van der Waals surface area contributed by atoms with Crippen LogP contribution in [0.15, 0.2) is 76.5 Å². The van der Waals surface area contributed by atoms with Gasteiger partial charge in [0.1, 0.15) is 11.6 Å². The Bertz CT molecular complexity index is 1120. The SMILES string of the molecule is O=C(c1ccco1)[C@@H]1C(c2ccc(Cl)cc2)=NO[C@@]12C(=O)Nc1ccccc12. The van der Waals surface area contributed by atoms with Crippen LogP contribution in [0.25, 0.3) is 0 Å². The summed E-state index contributed by atoms with van der Waals surface area (Å²) in [5.74, 6) is -1.70. The third kappa shape index (κ3) is 2.25. The van der Waals surface area contributed by atoms with Gasteiger partial charge in [0.15, 0.2) is 5.76 Å². The van der Waals surface area contributed by atoms with Crippen molar-refractivity contribution < 1.29 is 18.8 Å². The van der Waals surface area contributed by atoms with Gasteiger partial charge >= 0.3 is 0 Å². The van der Waals surface area contributed by atoms with Crippen molar-refractivity contribution in [2.24, 2.45) is 11.1 Å². The molecule has 2 aliphatic heterocycles. The Kier molecular flexibility index (Phi) is 3.64. The lowest BCUT2D eigenvalue weighted by molar-refractivity contribution is -0.140. The summed E-state index contributed by atoms with van der Waals surface area (Å²) in [6.07, 6.45) is 1.41. The Labute approximate surface area is 164 Å². The van der Waals surface area contributed by atoms with Gasteiger partial charge in [0.25, 0.3) is 11.5 Å². The van der Waals surface area contributed by atoms with E-state index >= 15 is 0 Å². The first-order valence-corrected chi connectivity index (χ1v) is 9.00. The number of hydrogen-bond acceptors (Lipinski definition) is 5. The number of nitrogens with zero attached hydrogens (tertiary/aromatic N) is 1. The minimum Gasteiger partial charge on any atom is -0.461 e. The molecule has 7 heteroatoms. The van der Waals surface area contributed by atoms with Gasteiger partial charge in [-0.15, -0.1) is 0 Å². The van der Waals surface area contributed by atoms with E-state index in [-0.39, 0.29) is 11.5 Å². The molecule has 1 N–H and O–H groups in total. The second-order valence-electron chi connectivity index (χ2n) is 6.58. The molecule has 2 aliphatic rings. The number of amides is 1. The number of Topliss-reactive ketones (excluding diaryl/α,β-unsaturated/α-hetero) is 1. The summed E-state index contributed by atoms with van der Waals surface area (Å²) in [6, 6.07) is 17.2. The van der Waals surface area contributed by atoms with E-state index in [1.54, 1.807) is 60.7 Å². The van der Waals surface area contributed by atoms with Crippen molar-refractivity contribution in [1.82, 2.24) is 0 Å². The van der Waals surface area contributed by atoms with Gasteiger partial charge in [0, 0.05) is 21.8 Å². The minimum absolute atomic E-state index is 0.133. The number of carbonyl (C=O) groups is 2. The molecule has 3 heterocycles. The maximum atomic E-state index is 13.4. The summed E-state index contributed by atoms with van der Waals surface area (Å²) in [6.45, 7) is 0. The normalized spacial score (nSPS) is 22.5. The summed E-state index contributed by atoms with van der Waals surface area (Å²) >= 11 is 5.99. The maximum absolute atomic E-state index is 13.4. The molecule has 5 rings (SSSR count). The number of rotatable bonds is 3. The van der Waals surface area contributed by atoms with E-state index in [4.69, 9.17) is 20.9 Å². The molecule has 1 aromatic heterocycles. The van der Waals surface area contributed by atoms with Crippen LogP contribution >= 0.6 is 11.6 Å². The zero-order valence-electron chi connectivity index (χ0n) is 14.4. The summed E-state index contributed by atoms with van der Waals surface area (Å²) in [4.78, 5) is 32.2. The van der Waals surface area contributed by atoms with Crippen LogP contribution in [0.5, 0.6) is 0 Å². The summed E-state index contributed by atoms with van der Waals surface area (Å²) in [5, 5.41) is 7.53. The Morgan fingerprint density at radius 3 is 2.61 bits per heavy atom. The van der Waals surface area contributed by atoms with Crippen LogP contribution in [0.1, 0.15) is 21.7 Å². The number of benzene rings is 2. The first-order chi connectivity index (χ1) is 13.6. The van der Waals surface area contributed by atoms with E-state index in [1.165, 1.54) is 6.26 Å². The Hall–Kier alpha value is -3.38. The third-order valence-corrected chi connectivity index (χ3v) is 5.30. The average molecular weight is 393 g/mol. The average Bonchev–Trinajstić information content (AvgIpc) is 3.42. The summed E-state index contributed by atoms with van der Waals surface area (Å²) in [5.41, 5.74) is 0.568. The largest absolute Gasteiger partial charge is 0.461 e. The van der Waals surface area contributed by atoms with E-state index < -0.39 is 17.4 Å². The third-order valence-electron chi connectivity index (χ3n) is 5.05. The quantitative estimate of drug-likeness (QED) is 0.683. The number of furan rings is 1. The fourth-order valence-electron chi connectivity index (χ4n) is 3.76.